The smallest absolute Gasteiger partial charge is 0.328 e. The molecule has 1 amide bonds. The molecular formula is C15H20N2O3. The molecule has 0 aromatic carbocycles. The molecule has 0 atom stereocenters. The van der Waals surface area contributed by atoms with E-state index in [0.717, 1.165) is 18.9 Å². The standard InChI is InChI=1S/C15H20N2O3/c1-11(2)4-3-7-17-15(20)13-8-12(9-16-10-13)5-6-14(18)19/h5-6,8-11H,3-4,7H2,1-2H3,(H,17,20)(H,18,19). The van der Waals surface area contributed by atoms with Gasteiger partial charge >= 0.3 is 5.97 Å². The predicted molar refractivity (Wildman–Crippen MR) is 77.3 cm³/mol. The zero-order valence-corrected chi connectivity index (χ0v) is 11.8. The van der Waals surface area contributed by atoms with Crippen LogP contribution in [-0.2, 0) is 4.79 Å². The SMILES string of the molecule is CC(C)CCCNC(=O)c1cncc(C=CC(=O)O)c1. The van der Waals surface area contributed by atoms with E-state index < -0.39 is 5.97 Å². The normalized spacial score (nSPS) is 10.9. The average molecular weight is 276 g/mol. The summed E-state index contributed by atoms with van der Waals surface area (Å²) < 4.78 is 0. The highest BCUT2D eigenvalue weighted by atomic mass is 16.4. The van der Waals surface area contributed by atoms with Crippen LogP contribution in [0.25, 0.3) is 6.08 Å². The number of carbonyl (C=O) groups is 2. The zero-order chi connectivity index (χ0) is 15.0. The van der Waals surface area contributed by atoms with Gasteiger partial charge in [0.25, 0.3) is 5.91 Å². The molecule has 0 radical (unpaired) electrons. The Hall–Kier alpha value is -2.17. The Bertz CT molecular complexity index is 496. The predicted octanol–water partition coefficient (Wildman–Crippen LogP) is 2.35. The van der Waals surface area contributed by atoms with Crippen LogP contribution in [0.5, 0.6) is 0 Å². The second kappa shape index (κ2) is 8.09. The molecule has 0 bridgehead atoms. The number of nitrogens with zero attached hydrogens (tertiary/aromatic N) is 1. The molecule has 0 saturated carbocycles. The summed E-state index contributed by atoms with van der Waals surface area (Å²) in [4.78, 5) is 26.3. The highest BCUT2D eigenvalue weighted by Crippen LogP contribution is 2.06. The van der Waals surface area contributed by atoms with Crippen molar-refractivity contribution in [2.45, 2.75) is 26.7 Å². The quantitative estimate of drug-likeness (QED) is 0.592. The molecule has 20 heavy (non-hydrogen) atoms. The van der Waals surface area contributed by atoms with Gasteiger partial charge in [0, 0.05) is 25.0 Å². The summed E-state index contributed by atoms with van der Waals surface area (Å²) in [5.41, 5.74) is 1.02. The Morgan fingerprint density at radius 3 is 2.80 bits per heavy atom. The third-order valence-electron chi connectivity index (χ3n) is 2.68. The second-order valence-corrected chi connectivity index (χ2v) is 4.97. The number of carbonyl (C=O) groups excluding carboxylic acids is 1. The van der Waals surface area contributed by atoms with Crippen LogP contribution in [0.3, 0.4) is 0 Å². The number of rotatable bonds is 7. The number of amides is 1. The summed E-state index contributed by atoms with van der Waals surface area (Å²) in [5, 5.41) is 11.4. The van der Waals surface area contributed by atoms with E-state index in [1.807, 2.05) is 0 Å². The van der Waals surface area contributed by atoms with E-state index in [2.05, 4.69) is 24.1 Å². The van der Waals surface area contributed by atoms with Crippen LogP contribution in [0.4, 0.5) is 0 Å². The highest BCUT2D eigenvalue weighted by molar-refractivity contribution is 5.94. The number of aliphatic carboxylic acids is 1. The lowest BCUT2D eigenvalue weighted by atomic mass is 10.1. The first-order valence-corrected chi connectivity index (χ1v) is 6.63. The second-order valence-electron chi connectivity index (χ2n) is 4.97. The van der Waals surface area contributed by atoms with Crippen molar-refractivity contribution in [2.75, 3.05) is 6.54 Å². The zero-order valence-electron chi connectivity index (χ0n) is 11.8. The van der Waals surface area contributed by atoms with E-state index in [-0.39, 0.29) is 5.91 Å². The Labute approximate surface area is 118 Å². The Balaban J connectivity index is 2.55. The monoisotopic (exact) mass is 276 g/mol. The summed E-state index contributed by atoms with van der Waals surface area (Å²) in [6.45, 7) is 4.92. The van der Waals surface area contributed by atoms with Gasteiger partial charge in [0.1, 0.15) is 0 Å². The maximum atomic E-state index is 11.9. The molecule has 0 spiro atoms. The Morgan fingerprint density at radius 2 is 2.15 bits per heavy atom. The summed E-state index contributed by atoms with van der Waals surface area (Å²) in [6, 6.07) is 1.62. The minimum absolute atomic E-state index is 0.188. The first kappa shape index (κ1) is 15.9. The minimum Gasteiger partial charge on any atom is -0.478 e. The van der Waals surface area contributed by atoms with E-state index in [0.29, 0.717) is 23.6 Å². The highest BCUT2D eigenvalue weighted by Gasteiger charge is 2.06. The number of carboxylic acids is 1. The molecule has 0 fully saturated rings. The Morgan fingerprint density at radius 1 is 1.40 bits per heavy atom. The van der Waals surface area contributed by atoms with Gasteiger partial charge in [-0.25, -0.2) is 4.79 Å². The molecule has 1 aromatic heterocycles. The van der Waals surface area contributed by atoms with Crippen molar-refractivity contribution in [1.29, 1.82) is 0 Å². The van der Waals surface area contributed by atoms with Crippen molar-refractivity contribution in [3.63, 3.8) is 0 Å². The van der Waals surface area contributed by atoms with E-state index in [1.54, 1.807) is 6.07 Å². The van der Waals surface area contributed by atoms with Crippen LogP contribution < -0.4 is 5.32 Å². The lowest BCUT2D eigenvalue weighted by Crippen LogP contribution is -2.24. The van der Waals surface area contributed by atoms with Gasteiger partial charge in [0.2, 0.25) is 0 Å². The van der Waals surface area contributed by atoms with Gasteiger partial charge in [0.05, 0.1) is 5.56 Å². The number of carboxylic acid groups (broad SMARTS) is 1. The van der Waals surface area contributed by atoms with Gasteiger partial charge < -0.3 is 10.4 Å². The van der Waals surface area contributed by atoms with Crippen molar-refractivity contribution >= 4 is 18.0 Å². The van der Waals surface area contributed by atoms with Gasteiger partial charge in [-0.3, -0.25) is 9.78 Å². The molecule has 0 aliphatic rings. The largest absolute Gasteiger partial charge is 0.478 e. The molecule has 0 unspecified atom stereocenters. The summed E-state index contributed by atoms with van der Waals surface area (Å²) >= 11 is 0. The third-order valence-corrected chi connectivity index (χ3v) is 2.68. The van der Waals surface area contributed by atoms with Crippen LogP contribution >= 0.6 is 0 Å². The molecule has 5 heteroatoms. The lowest BCUT2D eigenvalue weighted by Gasteiger charge is -2.07. The van der Waals surface area contributed by atoms with Crippen molar-refractivity contribution in [3.8, 4) is 0 Å². The van der Waals surface area contributed by atoms with Gasteiger partial charge in [-0.15, -0.1) is 0 Å². The van der Waals surface area contributed by atoms with Crippen molar-refractivity contribution < 1.29 is 14.7 Å². The van der Waals surface area contributed by atoms with Gasteiger partial charge in [-0.1, -0.05) is 13.8 Å². The van der Waals surface area contributed by atoms with Crippen LogP contribution in [0.2, 0.25) is 0 Å². The molecule has 0 aliphatic carbocycles. The van der Waals surface area contributed by atoms with Crippen LogP contribution in [0, 0.1) is 5.92 Å². The number of hydrogen-bond acceptors (Lipinski definition) is 3. The van der Waals surface area contributed by atoms with Crippen LogP contribution in [0.1, 0.15) is 42.6 Å². The number of hydrogen-bond donors (Lipinski definition) is 2. The molecule has 1 aromatic rings. The van der Waals surface area contributed by atoms with Gasteiger partial charge in [-0.05, 0) is 36.5 Å². The summed E-state index contributed by atoms with van der Waals surface area (Å²) in [6.07, 6.45) is 7.41. The maximum absolute atomic E-state index is 11.9. The molecular weight excluding hydrogens is 256 g/mol. The van der Waals surface area contributed by atoms with E-state index in [1.165, 1.54) is 18.5 Å². The van der Waals surface area contributed by atoms with Crippen LogP contribution in [-0.4, -0.2) is 28.5 Å². The molecule has 1 rings (SSSR count). The van der Waals surface area contributed by atoms with E-state index in [4.69, 9.17) is 5.11 Å². The Kier molecular flexibility index (Phi) is 6.43. The molecule has 1 heterocycles. The summed E-state index contributed by atoms with van der Waals surface area (Å²) in [7, 11) is 0. The molecule has 0 aliphatic heterocycles. The number of nitrogens with one attached hydrogen (secondary N) is 1. The van der Waals surface area contributed by atoms with Crippen molar-refractivity contribution in [3.05, 3.63) is 35.7 Å². The van der Waals surface area contributed by atoms with E-state index >= 15 is 0 Å². The molecule has 2 N–H and O–H groups in total. The fourth-order valence-electron chi connectivity index (χ4n) is 1.65. The summed E-state index contributed by atoms with van der Waals surface area (Å²) in [5.74, 6) is -0.599. The van der Waals surface area contributed by atoms with E-state index in [9.17, 15) is 9.59 Å². The van der Waals surface area contributed by atoms with Crippen LogP contribution in [0.15, 0.2) is 24.5 Å². The lowest BCUT2D eigenvalue weighted by molar-refractivity contribution is -0.131. The molecule has 5 nitrogen and oxygen atoms in total. The first-order valence-electron chi connectivity index (χ1n) is 6.63. The first-order chi connectivity index (χ1) is 9.49. The number of pyridine rings is 1. The number of aromatic nitrogens is 1. The van der Waals surface area contributed by atoms with Crippen molar-refractivity contribution in [2.24, 2.45) is 5.92 Å². The van der Waals surface area contributed by atoms with Crippen molar-refractivity contribution in [1.82, 2.24) is 10.3 Å². The third kappa shape index (κ3) is 6.13. The average Bonchev–Trinajstić information content (AvgIpc) is 2.41. The minimum atomic E-state index is -1.03. The maximum Gasteiger partial charge on any atom is 0.328 e. The fourth-order valence-corrected chi connectivity index (χ4v) is 1.65. The molecule has 108 valence electrons. The van der Waals surface area contributed by atoms with Gasteiger partial charge in [0.15, 0.2) is 0 Å². The van der Waals surface area contributed by atoms with Gasteiger partial charge in [-0.2, -0.15) is 0 Å². The fraction of sp³-hybridized carbons (Fsp3) is 0.400. The molecule has 0 saturated heterocycles. The topological polar surface area (TPSA) is 79.3 Å².